The molecule has 0 saturated carbocycles. The molecule has 5 heteroatoms. The van der Waals surface area contributed by atoms with Crippen LogP contribution in [0.15, 0.2) is 53.6 Å². The predicted molar refractivity (Wildman–Crippen MR) is 89.5 cm³/mol. The van der Waals surface area contributed by atoms with Crippen molar-refractivity contribution >= 4 is 34.6 Å². The lowest BCUT2D eigenvalue weighted by molar-refractivity contribution is 0.0955. The van der Waals surface area contributed by atoms with Crippen molar-refractivity contribution in [2.75, 3.05) is 0 Å². The van der Waals surface area contributed by atoms with E-state index in [1.807, 2.05) is 31.2 Å². The fourth-order valence-electron chi connectivity index (χ4n) is 2.31. The van der Waals surface area contributed by atoms with Gasteiger partial charge in [0.05, 0.1) is 6.21 Å². The van der Waals surface area contributed by atoms with Crippen molar-refractivity contribution in [2.45, 2.75) is 6.92 Å². The molecule has 1 aromatic heterocycles. The second kappa shape index (κ2) is 6.03. The summed E-state index contributed by atoms with van der Waals surface area (Å²) in [6, 6.07) is 14.7. The average molecular weight is 312 g/mol. The number of hydrogen-bond donors (Lipinski definition) is 2. The molecular formula is C17H14ClN3O. The van der Waals surface area contributed by atoms with Crippen LogP contribution in [0.3, 0.4) is 0 Å². The smallest absolute Gasteiger partial charge is 0.271 e. The SMILES string of the molecule is Cc1[nH]c2ccccc2c1/C=N/NC(=O)c1cccc(Cl)c1. The van der Waals surface area contributed by atoms with Crippen LogP contribution in [0.1, 0.15) is 21.6 Å². The van der Waals surface area contributed by atoms with Crippen LogP contribution in [0.5, 0.6) is 0 Å². The largest absolute Gasteiger partial charge is 0.358 e. The summed E-state index contributed by atoms with van der Waals surface area (Å²) in [6.45, 7) is 1.97. The summed E-state index contributed by atoms with van der Waals surface area (Å²) in [5.41, 5.74) is 5.99. The van der Waals surface area contributed by atoms with Gasteiger partial charge in [0.1, 0.15) is 0 Å². The number of hydrazone groups is 1. The number of carbonyl (C=O) groups excluding carboxylic acids is 1. The van der Waals surface area contributed by atoms with Crippen molar-refractivity contribution in [3.63, 3.8) is 0 Å². The predicted octanol–water partition coefficient (Wildman–Crippen LogP) is 3.89. The van der Waals surface area contributed by atoms with Gasteiger partial charge in [-0.05, 0) is 31.2 Å². The third-order valence-electron chi connectivity index (χ3n) is 3.39. The molecule has 22 heavy (non-hydrogen) atoms. The summed E-state index contributed by atoms with van der Waals surface area (Å²) < 4.78 is 0. The van der Waals surface area contributed by atoms with Gasteiger partial charge in [-0.3, -0.25) is 4.79 Å². The number of benzene rings is 2. The molecule has 3 aromatic rings. The highest BCUT2D eigenvalue weighted by molar-refractivity contribution is 6.30. The minimum Gasteiger partial charge on any atom is -0.358 e. The third kappa shape index (κ3) is 2.87. The van der Waals surface area contributed by atoms with Gasteiger partial charge in [0.25, 0.3) is 5.91 Å². The number of nitrogens with zero attached hydrogens (tertiary/aromatic N) is 1. The fourth-order valence-corrected chi connectivity index (χ4v) is 2.50. The van der Waals surface area contributed by atoms with Gasteiger partial charge in [-0.1, -0.05) is 35.9 Å². The summed E-state index contributed by atoms with van der Waals surface area (Å²) in [5.74, 6) is -0.295. The van der Waals surface area contributed by atoms with E-state index >= 15 is 0 Å². The van der Waals surface area contributed by atoms with Crippen LogP contribution in [0.25, 0.3) is 10.9 Å². The number of amides is 1. The molecule has 0 unspecified atom stereocenters. The Morgan fingerprint density at radius 3 is 2.86 bits per heavy atom. The lowest BCUT2D eigenvalue weighted by atomic mass is 10.1. The highest BCUT2D eigenvalue weighted by Crippen LogP contribution is 2.19. The van der Waals surface area contributed by atoms with Crippen LogP contribution in [0.2, 0.25) is 5.02 Å². The lowest BCUT2D eigenvalue weighted by Crippen LogP contribution is -2.17. The van der Waals surface area contributed by atoms with E-state index in [4.69, 9.17) is 11.6 Å². The summed E-state index contributed by atoms with van der Waals surface area (Å²) in [4.78, 5) is 15.3. The van der Waals surface area contributed by atoms with Crippen LogP contribution < -0.4 is 5.43 Å². The normalized spacial score (nSPS) is 11.2. The van der Waals surface area contributed by atoms with Crippen molar-refractivity contribution in [3.8, 4) is 0 Å². The zero-order valence-corrected chi connectivity index (χ0v) is 12.7. The minimum absolute atomic E-state index is 0.295. The first kappa shape index (κ1) is 14.4. The van der Waals surface area contributed by atoms with E-state index in [2.05, 4.69) is 15.5 Å². The Morgan fingerprint density at radius 2 is 2.05 bits per heavy atom. The van der Waals surface area contributed by atoms with Crippen molar-refractivity contribution in [3.05, 3.63) is 70.4 Å². The monoisotopic (exact) mass is 311 g/mol. The Kier molecular flexibility index (Phi) is 3.94. The Balaban J connectivity index is 1.79. The number of aromatic nitrogens is 1. The summed E-state index contributed by atoms with van der Waals surface area (Å²) in [7, 11) is 0. The Morgan fingerprint density at radius 1 is 1.23 bits per heavy atom. The van der Waals surface area contributed by atoms with Gasteiger partial charge in [-0.2, -0.15) is 5.10 Å². The molecule has 3 rings (SSSR count). The van der Waals surface area contributed by atoms with Gasteiger partial charge in [0.15, 0.2) is 0 Å². The average Bonchev–Trinajstić information content (AvgIpc) is 2.83. The zero-order valence-electron chi connectivity index (χ0n) is 11.9. The van der Waals surface area contributed by atoms with Crippen LogP contribution in [-0.4, -0.2) is 17.1 Å². The topological polar surface area (TPSA) is 57.2 Å². The standard InChI is InChI=1S/C17H14ClN3O/c1-11-15(14-7-2-3-8-16(14)20-11)10-19-21-17(22)12-5-4-6-13(18)9-12/h2-10,20H,1H3,(H,21,22)/b19-10+. The lowest BCUT2D eigenvalue weighted by Gasteiger charge is -2.00. The fraction of sp³-hybridized carbons (Fsp3) is 0.0588. The number of fused-ring (bicyclic) bond motifs is 1. The van der Waals surface area contributed by atoms with E-state index in [1.165, 1.54) is 0 Å². The molecule has 0 saturated heterocycles. The van der Waals surface area contributed by atoms with Gasteiger partial charge >= 0.3 is 0 Å². The first-order valence-electron chi connectivity index (χ1n) is 6.81. The molecule has 0 spiro atoms. The number of nitrogens with one attached hydrogen (secondary N) is 2. The number of carbonyl (C=O) groups is 1. The van der Waals surface area contributed by atoms with E-state index in [1.54, 1.807) is 30.5 Å². The summed E-state index contributed by atoms with van der Waals surface area (Å²) >= 11 is 5.87. The maximum absolute atomic E-state index is 12.0. The van der Waals surface area contributed by atoms with Crippen LogP contribution in [-0.2, 0) is 0 Å². The molecular weight excluding hydrogens is 298 g/mol. The number of aromatic amines is 1. The van der Waals surface area contributed by atoms with Crippen LogP contribution in [0.4, 0.5) is 0 Å². The number of H-pyrrole nitrogens is 1. The molecule has 0 fully saturated rings. The van der Waals surface area contributed by atoms with Gasteiger partial charge in [0.2, 0.25) is 0 Å². The maximum Gasteiger partial charge on any atom is 0.271 e. The molecule has 0 aliphatic heterocycles. The number of para-hydroxylation sites is 1. The first-order valence-corrected chi connectivity index (χ1v) is 7.19. The molecule has 2 N–H and O–H groups in total. The van der Waals surface area contributed by atoms with Crippen LogP contribution >= 0.6 is 11.6 Å². The van der Waals surface area contributed by atoms with E-state index in [0.717, 1.165) is 22.2 Å². The van der Waals surface area contributed by atoms with E-state index in [9.17, 15) is 4.79 Å². The maximum atomic E-state index is 12.0. The second-order valence-corrected chi connectivity index (χ2v) is 5.36. The molecule has 0 radical (unpaired) electrons. The summed E-state index contributed by atoms with van der Waals surface area (Å²) in [6.07, 6.45) is 1.65. The molecule has 0 aliphatic carbocycles. The van der Waals surface area contributed by atoms with E-state index in [0.29, 0.717) is 10.6 Å². The van der Waals surface area contributed by atoms with Crippen molar-refractivity contribution in [1.29, 1.82) is 0 Å². The second-order valence-electron chi connectivity index (χ2n) is 4.92. The van der Waals surface area contributed by atoms with E-state index in [-0.39, 0.29) is 5.91 Å². The number of aryl methyl sites for hydroxylation is 1. The van der Waals surface area contributed by atoms with Crippen molar-refractivity contribution in [2.24, 2.45) is 5.10 Å². The molecule has 1 heterocycles. The Labute approximate surface area is 132 Å². The molecule has 4 nitrogen and oxygen atoms in total. The van der Waals surface area contributed by atoms with E-state index < -0.39 is 0 Å². The molecule has 110 valence electrons. The van der Waals surface area contributed by atoms with Crippen molar-refractivity contribution in [1.82, 2.24) is 10.4 Å². The number of rotatable bonds is 3. The zero-order chi connectivity index (χ0) is 15.5. The van der Waals surface area contributed by atoms with Gasteiger partial charge in [-0.25, -0.2) is 5.43 Å². The third-order valence-corrected chi connectivity index (χ3v) is 3.63. The van der Waals surface area contributed by atoms with Gasteiger partial charge in [0, 0.05) is 32.7 Å². The minimum atomic E-state index is -0.295. The molecule has 0 aliphatic rings. The Hall–Kier alpha value is -2.59. The van der Waals surface area contributed by atoms with Crippen LogP contribution in [0, 0.1) is 6.92 Å². The Bertz CT molecular complexity index is 867. The number of hydrogen-bond acceptors (Lipinski definition) is 2. The number of halogens is 1. The van der Waals surface area contributed by atoms with Gasteiger partial charge < -0.3 is 4.98 Å². The molecule has 2 aromatic carbocycles. The van der Waals surface area contributed by atoms with Gasteiger partial charge in [-0.15, -0.1) is 0 Å². The van der Waals surface area contributed by atoms with Crippen molar-refractivity contribution < 1.29 is 4.79 Å². The first-order chi connectivity index (χ1) is 10.6. The molecule has 1 amide bonds. The molecule has 0 atom stereocenters. The summed E-state index contributed by atoms with van der Waals surface area (Å²) in [5, 5.41) is 5.63. The highest BCUT2D eigenvalue weighted by Gasteiger charge is 2.06. The highest BCUT2D eigenvalue weighted by atomic mass is 35.5. The quantitative estimate of drug-likeness (QED) is 0.559. The molecule has 0 bridgehead atoms.